The van der Waals surface area contributed by atoms with Gasteiger partial charge in [-0.05, 0) is 52.0 Å². The normalized spacial score (nSPS) is 13.1. The summed E-state index contributed by atoms with van der Waals surface area (Å²) in [6, 6.07) is 5.85. The lowest BCUT2D eigenvalue weighted by Gasteiger charge is -2.24. The molecule has 3 aromatic rings. The Hall–Kier alpha value is -3.38. The van der Waals surface area contributed by atoms with Gasteiger partial charge >= 0.3 is 11.9 Å². The SMILES string of the molecule is CCOC(=O)[C@H](C)NP(=O)(N[C@@H](C)C(=O)OCC)c1ccc(-c2nc(N)sc2C(=O)c2cccc(F)c2)o1. The molecule has 0 fully saturated rings. The molecule has 38 heavy (non-hydrogen) atoms. The van der Waals surface area contributed by atoms with Gasteiger partial charge in [0.15, 0.2) is 16.4 Å². The molecule has 0 saturated heterocycles. The van der Waals surface area contributed by atoms with Crippen molar-refractivity contribution in [1.82, 2.24) is 15.2 Å². The number of ketones is 1. The summed E-state index contributed by atoms with van der Waals surface area (Å²) < 4.78 is 43.6. The number of furan rings is 1. The number of benzene rings is 1. The van der Waals surface area contributed by atoms with Gasteiger partial charge in [-0.1, -0.05) is 23.5 Å². The van der Waals surface area contributed by atoms with Crippen molar-refractivity contribution in [3.63, 3.8) is 0 Å². The number of nitrogen functional groups attached to an aromatic ring is 1. The molecular weight excluding hydrogens is 538 g/mol. The van der Waals surface area contributed by atoms with E-state index in [2.05, 4.69) is 15.2 Å². The molecule has 2 atom stereocenters. The monoisotopic (exact) mass is 566 g/mol. The Morgan fingerprint density at radius 3 is 2.24 bits per heavy atom. The molecule has 0 aliphatic rings. The van der Waals surface area contributed by atoms with Crippen molar-refractivity contribution in [2.45, 2.75) is 39.8 Å². The fourth-order valence-electron chi connectivity index (χ4n) is 3.39. The highest BCUT2D eigenvalue weighted by Crippen LogP contribution is 2.40. The predicted molar refractivity (Wildman–Crippen MR) is 140 cm³/mol. The van der Waals surface area contributed by atoms with Crippen LogP contribution in [0.15, 0.2) is 40.8 Å². The summed E-state index contributed by atoms with van der Waals surface area (Å²) in [6.07, 6.45) is 0. The first kappa shape index (κ1) is 29.2. The first-order valence-electron chi connectivity index (χ1n) is 11.6. The van der Waals surface area contributed by atoms with Crippen molar-refractivity contribution in [2.24, 2.45) is 0 Å². The van der Waals surface area contributed by atoms with E-state index in [0.29, 0.717) is 0 Å². The predicted octanol–water partition coefficient (Wildman–Crippen LogP) is 3.26. The standard InChI is InChI=1S/C24H28FN4O7PS/c1-5-34-22(31)13(3)28-37(33,29-14(4)23(32)35-6-2)18-11-10-17(36-18)19-21(38-24(26)27-19)20(30)15-8-7-9-16(25)12-15/h7-14H,5-6H2,1-4H3,(H2,26,27)(H2,28,29,33)/t13-,14-/m0/s1. The van der Waals surface area contributed by atoms with Crippen molar-refractivity contribution in [1.29, 1.82) is 0 Å². The number of ether oxygens (including phenoxy) is 2. The Kier molecular flexibility index (Phi) is 9.55. The van der Waals surface area contributed by atoms with Gasteiger partial charge in [0.2, 0.25) is 5.78 Å². The fourth-order valence-corrected chi connectivity index (χ4v) is 6.33. The van der Waals surface area contributed by atoms with Gasteiger partial charge in [0.05, 0.1) is 13.2 Å². The Morgan fingerprint density at radius 1 is 1.08 bits per heavy atom. The number of rotatable bonds is 12. The van der Waals surface area contributed by atoms with Crippen molar-refractivity contribution < 1.29 is 37.2 Å². The minimum absolute atomic E-state index is 0.0455. The molecule has 11 nitrogen and oxygen atoms in total. The summed E-state index contributed by atoms with van der Waals surface area (Å²) >= 11 is 0.887. The third-order valence-corrected chi connectivity index (χ3v) is 8.35. The maximum absolute atomic E-state index is 14.1. The van der Waals surface area contributed by atoms with E-state index >= 15 is 0 Å². The highest BCUT2D eigenvalue weighted by molar-refractivity contribution is 7.67. The third-order valence-electron chi connectivity index (χ3n) is 5.10. The van der Waals surface area contributed by atoms with Crippen LogP contribution >= 0.6 is 18.8 Å². The van der Waals surface area contributed by atoms with Gasteiger partial charge in [-0.2, -0.15) is 0 Å². The van der Waals surface area contributed by atoms with Crippen LogP contribution < -0.4 is 21.4 Å². The van der Waals surface area contributed by atoms with Gasteiger partial charge in [0.1, 0.15) is 28.5 Å². The van der Waals surface area contributed by atoms with E-state index in [-0.39, 0.29) is 45.7 Å². The Bertz CT molecular complexity index is 1350. The number of hydrogen-bond acceptors (Lipinski definition) is 10. The molecule has 0 aliphatic carbocycles. The zero-order valence-electron chi connectivity index (χ0n) is 21.1. The second-order valence-electron chi connectivity index (χ2n) is 8.02. The fraction of sp³-hybridized carbons (Fsp3) is 0.333. The van der Waals surface area contributed by atoms with Crippen LogP contribution in [0.5, 0.6) is 0 Å². The van der Waals surface area contributed by atoms with Gasteiger partial charge in [0.25, 0.3) is 7.44 Å². The minimum atomic E-state index is -3.99. The third kappa shape index (κ3) is 6.73. The number of nitrogens with one attached hydrogen (secondary N) is 2. The van der Waals surface area contributed by atoms with Gasteiger partial charge < -0.3 is 19.6 Å². The number of nitrogens with two attached hydrogens (primary N) is 1. The van der Waals surface area contributed by atoms with Crippen molar-refractivity contribution in [2.75, 3.05) is 18.9 Å². The maximum atomic E-state index is 14.1. The first-order valence-corrected chi connectivity index (χ1v) is 14.2. The highest BCUT2D eigenvalue weighted by atomic mass is 32.1. The first-order chi connectivity index (χ1) is 18.0. The van der Waals surface area contributed by atoms with Crippen LogP contribution in [0.2, 0.25) is 0 Å². The zero-order valence-corrected chi connectivity index (χ0v) is 22.9. The molecule has 204 valence electrons. The lowest BCUT2D eigenvalue weighted by molar-refractivity contribution is -0.145. The molecule has 0 bridgehead atoms. The van der Waals surface area contributed by atoms with E-state index in [1.165, 1.54) is 44.2 Å². The number of carbonyl (C=O) groups is 3. The lowest BCUT2D eigenvalue weighted by atomic mass is 10.1. The average Bonchev–Trinajstić information content (AvgIpc) is 3.51. The van der Waals surface area contributed by atoms with Crippen molar-refractivity contribution >= 4 is 47.1 Å². The number of anilines is 1. The molecular formula is C24H28FN4O7PS. The Labute approximate surface area is 222 Å². The molecule has 0 amide bonds. The minimum Gasteiger partial charge on any atom is -0.465 e. The quantitative estimate of drug-likeness (QED) is 0.168. The largest absolute Gasteiger partial charge is 0.465 e. The second kappa shape index (κ2) is 12.4. The maximum Gasteiger partial charge on any atom is 0.323 e. The molecule has 0 aliphatic heterocycles. The zero-order chi connectivity index (χ0) is 28.0. The summed E-state index contributed by atoms with van der Waals surface area (Å²) in [7, 11) is -3.99. The number of carbonyl (C=O) groups excluding carboxylic acids is 3. The number of hydrogen-bond donors (Lipinski definition) is 3. The highest BCUT2D eigenvalue weighted by Gasteiger charge is 2.36. The molecule has 0 unspecified atom stereocenters. The number of aromatic nitrogens is 1. The van der Waals surface area contributed by atoms with E-state index in [1.54, 1.807) is 13.8 Å². The Balaban J connectivity index is 2.00. The number of thiazole rings is 1. The van der Waals surface area contributed by atoms with E-state index in [4.69, 9.17) is 19.6 Å². The molecule has 14 heteroatoms. The smallest absolute Gasteiger partial charge is 0.323 e. The molecule has 0 saturated carbocycles. The molecule has 2 heterocycles. The number of nitrogens with zero attached hydrogens (tertiary/aromatic N) is 1. The summed E-state index contributed by atoms with van der Waals surface area (Å²) in [5, 5.41) is 5.42. The number of halogens is 1. The molecule has 1 aromatic carbocycles. The summed E-state index contributed by atoms with van der Waals surface area (Å²) in [4.78, 5) is 41.8. The summed E-state index contributed by atoms with van der Waals surface area (Å²) in [5.41, 5.74) is 5.86. The van der Waals surface area contributed by atoms with Gasteiger partial charge in [-0.25, -0.2) is 19.5 Å². The average molecular weight is 567 g/mol. The van der Waals surface area contributed by atoms with Crippen LogP contribution in [-0.4, -0.2) is 48.0 Å². The summed E-state index contributed by atoms with van der Waals surface area (Å²) in [6.45, 7) is 6.38. The van der Waals surface area contributed by atoms with Crippen molar-refractivity contribution in [3.8, 4) is 11.5 Å². The summed E-state index contributed by atoms with van der Waals surface area (Å²) in [5.74, 6) is -2.40. The van der Waals surface area contributed by atoms with Gasteiger partial charge in [0, 0.05) is 5.56 Å². The topological polar surface area (TPSA) is 163 Å². The van der Waals surface area contributed by atoms with Crippen LogP contribution in [0.3, 0.4) is 0 Å². The molecule has 0 spiro atoms. The van der Waals surface area contributed by atoms with E-state index < -0.39 is 43.1 Å². The van der Waals surface area contributed by atoms with Crippen LogP contribution in [0, 0.1) is 5.82 Å². The van der Waals surface area contributed by atoms with E-state index in [1.807, 2.05) is 0 Å². The van der Waals surface area contributed by atoms with Crippen LogP contribution in [-0.2, 0) is 23.6 Å². The lowest BCUT2D eigenvalue weighted by Crippen LogP contribution is -2.44. The molecule has 4 N–H and O–H groups in total. The Morgan fingerprint density at radius 2 is 1.68 bits per heavy atom. The van der Waals surface area contributed by atoms with Crippen LogP contribution in [0.4, 0.5) is 9.52 Å². The molecule has 0 radical (unpaired) electrons. The van der Waals surface area contributed by atoms with Crippen LogP contribution in [0.25, 0.3) is 11.5 Å². The van der Waals surface area contributed by atoms with Crippen LogP contribution in [0.1, 0.15) is 42.9 Å². The second-order valence-corrected chi connectivity index (χ2v) is 11.2. The molecule has 3 rings (SSSR count). The van der Waals surface area contributed by atoms with E-state index in [9.17, 15) is 23.3 Å². The number of esters is 2. The molecule has 2 aromatic heterocycles. The van der Waals surface area contributed by atoms with Gasteiger partial charge in [-0.3, -0.25) is 18.9 Å². The van der Waals surface area contributed by atoms with Gasteiger partial charge in [-0.15, -0.1) is 0 Å². The van der Waals surface area contributed by atoms with E-state index in [0.717, 1.165) is 17.4 Å². The van der Waals surface area contributed by atoms with Crippen molar-refractivity contribution in [3.05, 3.63) is 52.7 Å².